The summed E-state index contributed by atoms with van der Waals surface area (Å²) in [5, 5.41) is 3.93. The molecule has 3 rings (SSSR count). The molecule has 0 N–H and O–H groups in total. The quantitative estimate of drug-likeness (QED) is 0.862. The summed E-state index contributed by atoms with van der Waals surface area (Å²) in [5.41, 5.74) is -0.314. The lowest BCUT2D eigenvalue weighted by Gasteiger charge is -2.15. The van der Waals surface area contributed by atoms with Crippen LogP contribution in [-0.2, 0) is 11.0 Å². The number of hydrogen-bond acceptors (Lipinski definition) is 2. The molecule has 7 heteroatoms. The fourth-order valence-electron chi connectivity index (χ4n) is 2.30. The Balaban J connectivity index is 2.22. The van der Waals surface area contributed by atoms with Crippen LogP contribution in [0.15, 0.2) is 24.4 Å². The van der Waals surface area contributed by atoms with Gasteiger partial charge < -0.3 is 0 Å². The molecule has 1 saturated carbocycles. The Hall–Kier alpha value is -1.82. The molecule has 0 spiro atoms. The van der Waals surface area contributed by atoms with Crippen molar-refractivity contribution < 1.29 is 18.0 Å². The van der Waals surface area contributed by atoms with Crippen molar-refractivity contribution in [3.63, 3.8) is 0 Å². The van der Waals surface area contributed by atoms with E-state index in [4.69, 9.17) is 11.6 Å². The summed E-state index contributed by atoms with van der Waals surface area (Å²) in [6.45, 7) is 0. The molecule has 0 unspecified atom stereocenters. The molecule has 0 aliphatic heterocycles. The lowest BCUT2D eigenvalue weighted by Crippen LogP contribution is -2.13. The van der Waals surface area contributed by atoms with E-state index in [1.54, 1.807) is 6.29 Å². The highest BCUT2D eigenvalue weighted by Crippen LogP contribution is 2.43. The molecule has 1 radical (unpaired) electrons. The maximum atomic E-state index is 13.2. The van der Waals surface area contributed by atoms with E-state index >= 15 is 0 Å². The van der Waals surface area contributed by atoms with Gasteiger partial charge in [0.1, 0.15) is 0 Å². The summed E-state index contributed by atoms with van der Waals surface area (Å²) in [5.74, 6) is 0.0562. The van der Waals surface area contributed by atoms with Crippen LogP contribution in [0.25, 0.3) is 5.69 Å². The molecule has 21 heavy (non-hydrogen) atoms. The zero-order valence-corrected chi connectivity index (χ0v) is 11.4. The van der Waals surface area contributed by atoms with E-state index in [-0.39, 0.29) is 22.2 Å². The first kappa shape index (κ1) is 14.1. The van der Waals surface area contributed by atoms with Gasteiger partial charge in [0.05, 0.1) is 28.7 Å². The zero-order valence-electron chi connectivity index (χ0n) is 10.6. The standard InChI is InChI=1S/C14H9ClF3N2O/c15-10-3-4-12(11(5-10)14(16,17)18)20-13(8-1-2-8)9(7-21)6-19-20/h3-6,8H,1-2H2. The number of hydrogen-bond donors (Lipinski definition) is 0. The third-order valence-electron chi connectivity index (χ3n) is 3.37. The van der Waals surface area contributed by atoms with Gasteiger partial charge in [0, 0.05) is 10.9 Å². The number of halogens is 4. The van der Waals surface area contributed by atoms with E-state index in [0.29, 0.717) is 5.69 Å². The Labute approximate surface area is 123 Å². The summed E-state index contributed by atoms with van der Waals surface area (Å²) in [7, 11) is 0. The van der Waals surface area contributed by atoms with Gasteiger partial charge >= 0.3 is 6.18 Å². The Morgan fingerprint density at radius 2 is 2.05 bits per heavy atom. The molecule has 0 amide bonds. The second-order valence-corrected chi connectivity index (χ2v) is 5.33. The topological polar surface area (TPSA) is 34.9 Å². The predicted octanol–water partition coefficient (Wildman–Crippen LogP) is 3.88. The molecule has 1 aromatic heterocycles. The van der Waals surface area contributed by atoms with Gasteiger partial charge in [0.2, 0.25) is 6.29 Å². The second kappa shape index (κ2) is 4.87. The van der Waals surface area contributed by atoms with Crippen molar-refractivity contribution in [3.8, 4) is 5.69 Å². The number of rotatable bonds is 3. The minimum atomic E-state index is -4.56. The van der Waals surface area contributed by atoms with Gasteiger partial charge in [0.25, 0.3) is 0 Å². The maximum absolute atomic E-state index is 13.2. The van der Waals surface area contributed by atoms with Gasteiger partial charge in [-0.05, 0) is 31.0 Å². The molecule has 0 atom stereocenters. The van der Waals surface area contributed by atoms with Crippen LogP contribution < -0.4 is 0 Å². The van der Waals surface area contributed by atoms with E-state index < -0.39 is 11.7 Å². The van der Waals surface area contributed by atoms with E-state index in [9.17, 15) is 18.0 Å². The van der Waals surface area contributed by atoms with Gasteiger partial charge in [-0.15, -0.1) is 0 Å². The molecular weight excluding hydrogens is 305 g/mol. The first-order valence-corrected chi connectivity index (χ1v) is 6.63. The summed E-state index contributed by atoms with van der Waals surface area (Å²) in [6.07, 6.45) is 0.0813. The number of carbonyl (C=O) groups excluding carboxylic acids is 1. The average Bonchev–Trinajstić information content (AvgIpc) is 3.17. The number of aromatic nitrogens is 2. The normalized spacial score (nSPS) is 15.2. The summed E-state index contributed by atoms with van der Waals surface area (Å²) >= 11 is 5.67. The molecule has 0 bridgehead atoms. The van der Waals surface area contributed by atoms with E-state index in [0.717, 1.165) is 18.9 Å². The predicted molar refractivity (Wildman–Crippen MR) is 70.3 cm³/mol. The van der Waals surface area contributed by atoms with E-state index in [1.807, 2.05) is 0 Å². The molecule has 3 nitrogen and oxygen atoms in total. The minimum Gasteiger partial charge on any atom is -0.285 e. The Morgan fingerprint density at radius 1 is 1.33 bits per heavy atom. The fraction of sp³-hybridized carbons (Fsp3) is 0.286. The Kier molecular flexibility index (Phi) is 3.28. The molecule has 109 valence electrons. The van der Waals surface area contributed by atoms with Crippen molar-refractivity contribution in [3.05, 3.63) is 46.2 Å². The Bertz CT molecular complexity index is 705. The van der Waals surface area contributed by atoms with Crippen LogP contribution in [-0.4, -0.2) is 16.1 Å². The van der Waals surface area contributed by atoms with Crippen molar-refractivity contribution in [2.45, 2.75) is 24.9 Å². The Morgan fingerprint density at radius 3 is 2.62 bits per heavy atom. The molecule has 1 aromatic carbocycles. The molecule has 0 saturated heterocycles. The number of benzene rings is 1. The van der Waals surface area contributed by atoms with Gasteiger partial charge in [-0.25, -0.2) is 4.68 Å². The molecule has 1 heterocycles. The monoisotopic (exact) mass is 313 g/mol. The van der Waals surface area contributed by atoms with E-state index in [2.05, 4.69) is 5.10 Å². The fourth-order valence-corrected chi connectivity index (χ4v) is 2.47. The first-order valence-electron chi connectivity index (χ1n) is 6.25. The minimum absolute atomic E-state index is 0.00613. The average molecular weight is 314 g/mol. The van der Waals surface area contributed by atoms with Crippen LogP contribution in [0.2, 0.25) is 5.02 Å². The smallest absolute Gasteiger partial charge is 0.285 e. The van der Waals surface area contributed by atoms with Crippen LogP contribution in [0.3, 0.4) is 0 Å². The third kappa shape index (κ3) is 2.55. The van der Waals surface area contributed by atoms with Crippen molar-refractivity contribution in [1.82, 2.24) is 9.78 Å². The third-order valence-corrected chi connectivity index (χ3v) is 3.61. The van der Waals surface area contributed by atoms with Crippen LogP contribution in [0, 0.1) is 0 Å². The van der Waals surface area contributed by atoms with Crippen LogP contribution in [0.1, 0.15) is 35.6 Å². The summed E-state index contributed by atoms with van der Waals surface area (Å²) < 4.78 is 40.7. The molecule has 1 aliphatic rings. The van der Waals surface area contributed by atoms with Crippen molar-refractivity contribution in [2.24, 2.45) is 0 Å². The largest absolute Gasteiger partial charge is 0.418 e. The van der Waals surface area contributed by atoms with Crippen molar-refractivity contribution in [2.75, 3.05) is 0 Å². The van der Waals surface area contributed by atoms with Gasteiger partial charge in [0.15, 0.2) is 0 Å². The van der Waals surface area contributed by atoms with Gasteiger partial charge in [-0.3, -0.25) is 4.79 Å². The molecule has 1 aliphatic carbocycles. The van der Waals surface area contributed by atoms with E-state index in [1.165, 1.54) is 23.0 Å². The second-order valence-electron chi connectivity index (χ2n) is 4.89. The van der Waals surface area contributed by atoms with Crippen LogP contribution >= 0.6 is 11.6 Å². The maximum Gasteiger partial charge on any atom is 0.418 e. The molecular formula is C14H9ClF3N2O. The number of alkyl halides is 3. The summed E-state index contributed by atoms with van der Waals surface area (Å²) in [4.78, 5) is 10.9. The lowest BCUT2D eigenvalue weighted by atomic mass is 10.1. The summed E-state index contributed by atoms with van der Waals surface area (Å²) in [6, 6.07) is 3.49. The van der Waals surface area contributed by atoms with Crippen molar-refractivity contribution in [1.29, 1.82) is 0 Å². The highest BCUT2D eigenvalue weighted by Gasteiger charge is 2.37. The van der Waals surface area contributed by atoms with Crippen molar-refractivity contribution >= 4 is 17.9 Å². The SMILES string of the molecule is O=[C]c1cnn(-c2ccc(Cl)cc2C(F)(F)F)c1C1CC1. The lowest BCUT2D eigenvalue weighted by molar-refractivity contribution is -0.137. The number of nitrogens with zero attached hydrogens (tertiary/aromatic N) is 2. The first-order chi connectivity index (χ1) is 9.91. The van der Waals surface area contributed by atoms with Gasteiger partial charge in [-0.1, -0.05) is 11.6 Å². The highest BCUT2D eigenvalue weighted by molar-refractivity contribution is 6.30. The molecule has 1 fully saturated rings. The van der Waals surface area contributed by atoms with Gasteiger partial charge in [-0.2, -0.15) is 18.3 Å². The highest BCUT2D eigenvalue weighted by atomic mass is 35.5. The zero-order chi connectivity index (χ0) is 15.2. The molecule has 2 aromatic rings. The van der Waals surface area contributed by atoms with Crippen LogP contribution in [0.4, 0.5) is 13.2 Å². The van der Waals surface area contributed by atoms with Crippen LogP contribution in [0.5, 0.6) is 0 Å².